The molecule has 21 heavy (non-hydrogen) atoms. The van der Waals surface area contributed by atoms with E-state index in [4.69, 9.17) is 28.3 Å². The van der Waals surface area contributed by atoms with Crippen LogP contribution >= 0.6 is 23.2 Å². The number of hydrogen-bond donors (Lipinski definition) is 3. The van der Waals surface area contributed by atoms with Crippen molar-refractivity contribution in [3.8, 4) is 5.75 Å². The molecule has 0 bridgehead atoms. The van der Waals surface area contributed by atoms with Gasteiger partial charge in [0.25, 0.3) is 5.91 Å². The molecule has 0 unspecified atom stereocenters. The molecule has 0 aliphatic carbocycles. The number of benzene rings is 1. The summed E-state index contributed by atoms with van der Waals surface area (Å²) in [6.45, 7) is 0. The number of nitrogens with one attached hydrogen (secondary N) is 1. The molecule has 9 heteroatoms. The van der Waals surface area contributed by atoms with Gasteiger partial charge in [0.05, 0.1) is 11.3 Å². The average Bonchev–Trinajstić information content (AvgIpc) is 2.43. The van der Waals surface area contributed by atoms with Gasteiger partial charge < -0.3 is 15.5 Å². The van der Waals surface area contributed by atoms with Gasteiger partial charge in [0.1, 0.15) is 5.56 Å². The van der Waals surface area contributed by atoms with Gasteiger partial charge in [0, 0.05) is 0 Å². The fraction of sp³-hybridized carbons (Fsp3) is 0. The Bertz CT molecular complexity index is 736. The number of hydrogen-bond acceptors (Lipinski definition) is 5. The van der Waals surface area contributed by atoms with Gasteiger partial charge in [-0.15, -0.1) is 10.2 Å². The third-order valence-corrected chi connectivity index (χ3v) is 2.94. The summed E-state index contributed by atoms with van der Waals surface area (Å²) < 4.78 is 0. The second-order valence-corrected chi connectivity index (χ2v) is 4.58. The number of rotatable bonds is 3. The van der Waals surface area contributed by atoms with Crippen molar-refractivity contribution in [2.75, 3.05) is 5.32 Å². The molecule has 1 aromatic carbocycles. The Hall–Kier alpha value is -2.38. The number of carbonyl (C=O) groups excluding carboxylic acids is 1. The van der Waals surface area contributed by atoms with Crippen molar-refractivity contribution in [3.05, 3.63) is 45.7 Å². The Morgan fingerprint density at radius 2 is 1.86 bits per heavy atom. The SMILES string of the molecule is O=C(Nc1cccc(C(=O)O)c1O)c1cc(Cl)nnc1Cl. The van der Waals surface area contributed by atoms with Gasteiger partial charge >= 0.3 is 5.97 Å². The Labute approximate surface area is 128 Å². The predicted octanol–water partition coefficient (Wildman–Crippen LogP) is 2.44. The molecule has 108 valence electrons. The van der Waals surface area contributed by atoms with Crippen molar-refractivity contribution in [1.82, 2.24) is 10.2 Å². The van der Waals surface area contributed by atoms with E-state index in [2.05, 4.69) is 15.5 Å². The van der Waals surface area contributed by atoms with Crippen LogP contribution in [0.2, 0.25) is 10.3 Å². The summed E-state index contributed by atoms with van der Waals surface area (Å²) in [7, 11) is 0. The van der Waals surface area contributed by atoms with Crippen LogP contribution in [0.5, 0.6) is 5.75 Å². The van der Waals surface area contributed by atoms with Crippen LogP contribution < -0.4 is 5.32 Å². The largest absolute Gasteiger partial charge is 0.505 e. The number of aromatic nitrogens is 2. The Balaban J connectivity index is 2.34. The first kappa shape index (κ1) is 15.0. The molecule has 1 amide bonds. The van der Waals surface area contributed by atoms with Gasteiger partial charge in [0.2, 0.25) is 0 Å². The van der Waals surface area contributed by atoms with E-state index in [-0.39, 0.29) is 27.1 Å². The van der Waals surface area contributed by atoms with Crippen molar-refractivity contribution < 1.29 is 19.8 Å². The molecule has 0 atom stereocenters. The van der Waals surface area contributed by atoms with Crippen molar-refractivity contribution >= 4 is 40.8 Å². The summed E-state index contributed by atoms with van der Waals surface area (Å²) in [6.07, 6.45) is 0. The number of aromatic hydroxyl groups is 1. The highest BCUT2D eigenvalue weighted by atomic mass is 35.5. The third-order valence-electron chi connectivity index (χ3n) is 2.48. The lowest BCUT2D eigenvalue weighted by molar-refractivity contribution is 0.0693. The Kier molecular flexibility index (Phi) is 4.25. The first-order valence-corrected chi connectivity index (χ1v) is 6.21. The minimum absolute atomic E-state index is 0.0342. The van der Waals surface area contributed by atoms with E-state index in [1.54, 1.807) is 0 Å². The van der Waals surface area contributed by atoms with Crippen molar-refractivity contribution in [2.45, 2.75) is 0 Å². The number of carboxylic acid groups (broad SMARTS) is 1. The van der Waals surface area contributed by atoms with Crippen molar-refractivity contribution in [2.24, 2.45) is 0 Å². The molecule has 1 aromatic heterocycles. The summed E-state index contributed by atoms with van der Waals surface area (Å²) in [5, 5.41) is 27.7. The molecular formula is C12H7Cl2N3O4. The zero-order valence-corrected chi connectivity index (χ0v) is 11.7. The molecule has 7 nitrogen and oxygen atoms in total. The lowest BCUT2D eigenvalue weighted by Crippen LogP contribution is -2.14. The van der Waals surface area contributed by atoms with E-state index in [1.165, 1.54) is 24.3 Å². The first-order valence-electron chi connectivity index (χ1n) is 5.45. The lowest BCUT2D eigenvalue weighted by Gasteiger charge is -2.09. The zero-order valence-electron chi connectivity index (χ0n) is 10.2. The van der Waals surface area contributed by atoms with Crippen LogP contribution in [0.25, 0.3) is 0 Å². The molecule has 0 aliphatic heterocycles. The smallest absolute Gasteiger partial charge is 0.339 e. The Morgan fingerprint density at radius 1 is 1.14 bits per heavy atom. The number of para-hydroxylation sites is 1. The zero-order chi connectivity index (χ0) is 15.6. The monoisotopic (exact) mass is 327 g/mol. The second-order valence-electron chi connectivity index (χ2n) is 3.83. The number of halogens is 2. The normalized spacial score (nSPS) is 10.2. The van der Waals surface area contributed by atoms with E-state index < -0.39 is 17.6 Å². The van der Waals surface area contributed by atoms with Crippen LogP contribution in [0.4, 0.5) is 5.69 Å². The summed E-state index contributed by atoms with van der Waals surface area (Å²) >= 11 is 11.4. The number of phenols is 1. The highest BCUT2D eigenvalue weighted by Crippen LogP contribution is 2.28. The Morgan fingerprint density at radius 3 is 2.52 bits per heavy atom. The van der Waals surface area contributed by atoms with Gasteiger partial charge in [-0.3, -0.25) is 4.79 Å². The summed E-state index contributed by atoms with van der Waals surface area (Å²) in [5.74, 6) is -2.60. The molecule has 2 aromatic rings. The third kappa shape index (κ3) is 3.21. The highest BCUT2D eigenvalue weighted by molar-refractivity contribution is 6.34. The molecule has 0 radical (unpaired) electrons. The molecule has 0 saturated carbocycles. The van der Waals surface area contributed by atoms with Crippen LogP contribution in [-0.4, -0.2) is 32.3 Å². The molecule has 2 rings (SSSR count). The fourth-order valence-corrected chi connectivity index (χ4v) is 1.84. The number of carboxylic acids is 1. The minimum atomic E-state index is -1.32. The first-order chi connectivity index (χ1) is 9.90. The summed E-state index contributed by atoms with van der Waals surface area (Å²) in [5.41, 5.74) is -0.481. The van der Waals surface area contributed by atoms with Crippen LogP contribution in [0, 0.1) is 0 Å². The molecule has 0 saturated heterocycles. The van der Waals surface area contributed by atoms with E-state index in [9.17, 15) is 14.7 Å². The van der Waals surface area contributed by atoms with Crippen LogP contribution in [0.15, 0.2) is 24.3 Å². The topological polar surface area (TPSA) is 112 Å². The van der Waals surface area contributed by atoms with Crippen molar-refractivity contribution in [3.63, 3.8) is 0 Å². The molecule has 0 spiro atoms. The van der Waals surface area contributed by atoms with Gasteiger partial charge in [0.15, 0.2) is 16.1 Å². The van der Waals surface area contributed by atoms with Gasteiger partial charge in [-0.2, -0.15) is 0 Å². The minimum Gasteiger partial charge on any atom is -0.505 e. The molecule has 0 fully saturated rings. The molecular weight excluding hydrogens is 321 g/mol. The van der Waals surface area contributed by atoms with Crippen molar-refractivity contribution in [1.29, 1.82) is 0 Å². The number of nitrogens with zero attached hydrogens (tertiary/aromatic N) is 2. The van der Waals surface area contributed by atoms with E-state index in [0.29, 0.717) is 0 Å². The van der Waals surface area contributed by atoms with E-state index in [1.807, 2.05) is 0 Å². The number of carbonyl (C=O) groups is 2. The highest BCUT2D eigenvalue weighted by Gasteiger charge is 2.18. The summed E-state index contributed by atoms with van der Waals surface area (Å²) in [4.78, 5) is 22.9. The van der Waals surface area contributed by atoms with E-state index >= 15 is 0 Å². The average molecular weight is 328 g/mol. The maximum atomic E-state index is 12.0. The molecule has 1 heterocycles. The maximum Gasteiger partial charge on any atom is 0.339 e. The number of amides is 1. The molecule has 0 aliphatic rings. The quantitative estimate of drug-likeness (QED) is 0.746. The standard InChI is InChI=1S/C12H7Cl2N3O4/c13-8-4-6(10(14)17-16-8)11(19)15-7-3-1-2-5(9(7)18)12(20)21/h1-4,18H,(H,15,19)(H,20,21). The summed E-state index contributed by atoms with van der Waals surface area (Å²) in [6, 6.07) is 5.11. The number of aromatic carboxylic acids is 1. The van der Waals surface area contributed by atoms with Crippen LogP contribution in [-0.2, 0) is 0 Å². The maximum absolute atomic E-state index is 12.0. The second kappa shape index (κ2) is 5.94. The van der Waals surface area contributed by atoms with Gasteiger partial charge in [-0.1, -0.05) is 29.3 Å². The van der Waals surface area contributed by atoms with Crippen LogP contribution in [0.3, 0.4) is 0 Å². The van der Waals surface area contributed by atoms with Gasteiger partial charge in [-0.25, -0.2) is 4.79 Å². The van der Waals surface area contributed by atoms with E-state index in [0.717, 1.165) is 0 Å². The lowest BCUT2D eigenvalue weighted by atomic mass is 10.1. The predicted molar refractivity (Wildman–Crippen MR) is 75.1 cm³/mol. The van der Waals surface area contributed by atoms with Gasteiger partial charge in [-0.05, 0) is 18.2 Å². The molecule has 3 N–H and O–H groups in total. The fourth-order valence-electron chi connectivity index (χ4n) is 1.52. The number of anilines is 1. The van der Waals surface area contributed by atoms with Crippen LogP contribution in [0.1, 0.15) is 20.7 Å².